The number of carbonyl (C=O) groups excluding carboxylic acids is 2. The van der Waals surface area contributed by atoms with Crippen molar-refractivity contribution in [2.75, 3.05) is 30.8 Å². The molecule has 0 fully saturated rings. The fourth-order valence-electron chi connectivity index (χ4n) is 3.89. The quantitative estimate of drug-likeness (QED) is 0.351. The molecule has 33 heavy (non-hydrogen) atoms. The lowest BCUT2D eigenvalue weighted by Crippen LogP contribution is -2.22. The van der Waals surface area contributed by atoms with Crippen LogP contribution >= 0.6 is 11.3 Å². The lowest BCUT2D eigenvalue weighted by molar-refractivity contribution is -0.110. The van der Waals surface area contributed by atoms with Crippen molar-refractivity contribution in [1.82, 2.24) is 4.90 Å². The number of nitrogens with one attached hydrogen (secondary N) is 2. The van der Waals surface area contributed by atoms with Crippen molar-refractivity contribution in [3.63, 3.8) is 0 Å². The van der Waals surface area contributed by atoms with Crippen LogP contribution in [0.15, 0.2) is 59.3 Å². The van der Waals surface area contributed by atoms with Gasteiger partial charge >= 0.3 is 5.97 Å². The smallest absolute Gasteiger partial charge is 0.337 e. The standard InChI is InChI=1S/C26H27N3O3S/c1-4-29(5-2)15-17-6-9-20(10-7-17)27-24(19-12-13-33-16-19)23-21-11-8-18(26(31)32-3)14-22(21)28-25(23)30/h6-14,16,27H,4-5,15H2,1-3H3,(H,28,30)/b24-23-. The molecule has 1 amide bonds. The van der Waals surface area contributed by atoms with Crippen LogP contribution in [0.4, 0.5) is 11.4 Å². The normalized spacial score (nSPS) is 14.1. The van der Waals surface area contributed by atoms with Gasteiger partial charge in [-0.1, -0.05) is 32.0 Å². The first kappa shape index (κ1) is 22.8. The molecule has 1 aliphatic heterocycles. The maximum absolute atomic E-state index is 13.0. The van der Waals surface area contributed by atoms with Gasteiger partial charge in [0.15, 0.2) is 0 Å². The number of carbonyl (C=O) groups is 2. The summed E-state index contributed by atoms with van der Waals surface area (Å²) < 4.78 is 4.81. The fraction of sp³-hybridized carbons (Fsp3) is 0.231. The number of thiophene rings is 1. The Morgan fingerprint density at radius 2 is 1.82 bits per heavy atom. The Bertz CT molecular complexity index is 1180. The highest BCUT2D eigenvalue weighted by atomic mass is 32.1. The predicted octanol–water partition coefficient (Wildman–Crippen LogP) is 5.31. The Kier molecular flexibility index (Phi) is 6.91. The SMILES string of the molecule is CCN(CC)Cc1ccc(N/C(=C2\C(=O)Nc3cc(C(=O)OC)ccc32)c2ccsc2)cc1. The van der Waals surface area contributed by atoms with Crippen molar-refractivity contribution in [3.05, 3.63) is 81.5 Å². The number of methoxy groups -OCH3 is 1. The first-order chi connectivity index (χ1) is 16.0. The molecule has 0 aliphatic carbocycles. The Morgan fingerprint density at radius 3 is 2.45 bits per heavy atom. The Hall–Kier alpha value is -3.42. The molecule has 0 saturated heterocycles. The summed E-state index contributed by atoms with van der Waals surface area (Å²) in [7, 11) is 1.34. The zero-order chi connectivity index (χ0) is 23.4. The number of esters is 1. The molecule has 1 aliphatic rings. The first-order valence-corrected chi connectivity index (χ1v) is 11.9. The summed E-state index contributed by atoms with van der Waals surface area (Å²) in [6.07, 6.45) is 0. The molecule has 3 aromatic rings. The second-order valence-corrected chi connectivity index (χ2v) is 8.53. The van der Waals surface area contributed by atoms with Gasteiger partial charge in [0.2, 0.25) is 0 Å². The van der Waals surface area contributed by atoms with Crippen LogP contribution in [0.5, 0.6) is 0 Å². The van der Waals surface area contributed by atoms with Crippen LogP contribution in [-0.4, -0.2) is 37.0 Å². The number of benzene rings is 2. The van der Waals surface area contributed by atoms with E-state index < -0.39 is 5.97 Å². The number of amides is 1. The number of hydrogen-bond acceptors (Lipinski definition) is 6. The highest BCUT2D eigenvalue weighted by molar-refractivity contribution is 7.08. The number of ether oxygens (including phenoxy) is 1. The Labute approximate surface area is 197 Å². The van der Waals surface area contributed by atoms with Crippen LogP contribution in [0, 0.1) is 0 Å². The molecule has 0 atom stereocenters. The van der Waals surface area contributed by atoms with Gasteiger partial charge in [-0.15, -0.1) is 0 Å². The molecule has 0 bridgehead atoms. The molecule has 4 rings (SSSR count). The highest BCUT2D eigenvalue weighted by Crippen LogP contribution is 2.38. The van der Waals surface area contributed by atoms with Gasteiger partial charge in [-0.05, 0) is 54.4 Å². The number of anilines is 2. The molecule has 0 spiro atoms. The van der Waals surface area contributed by atoms with Crippen molar-refractivity contribution in [2.45, 2.75) is 20.4 Å². The molecule has 2 N–H and O–H groups in total. The second kappa shape index (κ2) is 10.0. The molecule has 0 unspecified atom stereocenters. The van der Waals surface area contributed by atoms with Crippen molar-refractivity contribution < 1.29 is 14.3 Å². The van der Waals surface area contributed by atoms with Gasteiger partial charge in [-0.2, -0.15) is 11.3 Å². The van der Waals surface area contributed by atoms with E-state index in [0.29, 0.717) is 16.8 Å². The van der Waals surface area contributed by atoms with Crippen LogP contribution in [0.3, 0.4) is 0 Å². The van der Waals surface area contributed by atoms with E-state index in [1.807, 2.05) is 29.0 Å². The van der Waals surface area contributed by atoms with Crippen molar-refractivity contribution in [2.24, 2.45) is 0 Å². The van der Waals surface area contributed by atoms with Crippen LogP contribution in [-0.2, 0) is 16.1 Å². The van der Waals surface area contributed by atoms with Crippen molar-refractivity contribution >= 4 is 45.9 Å². The fourth-order valence-corrected chi connectivity index (χ4v) is 4.54. The van der Waals surface area contributed by atoms with Gasteiger partial charge in [0.25, 0.3) is 5.91 Å². The van der Waals surface area contributed by atoms with E-state index in [4.69, 9.17) is 4.74 Å². The molecule has 6 nitrogen and oxygen atoms in total. The lowest BCUT2D eigenvalue weighted by atomic mass is 10.00. The van der Waals surface area contributed by atoms with Gasteiger partial charge in [0.1, 0.15) is 0 Å². The summed E-state index contributed by atoms with van der Waals surface area (Å²) in [6.45, 7) is 7.26. The number of rotatable bonds is 8. The van der Waals surface area contributed by atoms with E-state index in [1.54, 1.807) is 29.5 Å². The monoisotopic (exact) mass is 461 g/mol. The first-order valence-electron chi connectivity index (χ1n) is 10.9. The van der Waals surface area contributed by atoms with Crippen molar-refractivity contribution in [3.8, 4) is 0 Å². The number of fused-ring (bicyclic) bond motifs is 1. The topological polar surface area (TPSA) is 70.7 Å². The van der Waals surface area contributed by atoms with Crippen molar-refractivity contribution in [1.29, 1.82) is 0 Å². The summed E-state index contributed by atoms with van der Waals surface area (Å²) in [5.74, 6) is -0.649. The minimum atomic E-state index is -0.439. The molecule has 0 saturated carbocycles. The summed E-state index contributed by atoms with van der Waals surface area (Å²) >= 11 is 1.57. The second-order valence-electron chi connectivity index (χ2n) is 7.75. The zero-order valence-electron chi connectivity index (χ0n) is 19.0. The molecule has 1 aromatic heterocycles. The highest BCUT2D eigenvalue weighted by Gasteiger charge is 2.29. The van der Waals surface area contributed by atoms with Crippen LogP contribution in [0.1, 0.15) is 40.9 Å². The third-order valence-corrected chi connectivity index (χ3v) is 6.45. The predicted molar refractivity (Wildman–Crippen MR) is 134 cm³/mol. The molecular weight excluding hydrogens is 434 g/mol. The van der Waals surface area contributed by atoms with Gasteiger partial charge in [-0.3, -0.25) is 9.69 Å². The van der Waals surface area contributed by atoms with Gasteiger partial charge in [0.05, 0.1) is 29.6 Å². The minimum absolute atomic E-state index is 0.209. The van der Waals surface area contributed by atoms with Crippen LogP contribution < -0.4 is 10.6 Å². The Morgan fingerprint density at radius 1 is 1.06 bits per heavy atom. The number of nitrogens with zero attached hydrogens (tertiary/aromatic N) is 1. The molecule has 0 radical (unpaired) electrons. The van der Waals surface area contributed by atoms with Gasteiger partial charge in [0, 0.05) is 28.7 Å². The van der Waals surface area contributed by atoms with E-state index in [2.05, 4.69) is 41.5 Å². The maximum Gasteiger partial charge on any atom is 0.337 e. The summed E-state index contributed by atoms with van der Waals surface area (Å²) in [5, 5.41) is 10.4. The van der Waals surface area contributed by atoms with E-state index in [0.717, 1.165) is 42.1 Å². The summed E-state index contributed by atoms with van der Waals surface area (Å²) in [4.78, 5) is 27.3. The van der Waals surface area contributed by atoms with Gasteiger partial charge < -0.3 is 15.4 Å². The molecule has 7 heteroatoms. The minimum Gasteiger partial charge on any atom is -0.465 e. The third kappa shape index (κ3) is 4.84. The molecule has 2 heterocycles. The summed E-state index contributed by atoms with van der Waals surface area (Å²) in [6, 6.07) is 15.4. The largest absolute Gasteiger partial charge is 0.465 e. The summed E-state index contributed by atoms with van der Waals surface area (Å²) in [5.41, 5.74) is 6.10. The van der Waals surface area contributed by atoms with E-state index in [1.165, 1.54) is 12.7 Å². The average molecular weight is 462 g/mol. The molecular formula is C26H27N3O3S. The third-order valence-electron chi connectivity index (χ3n) is 5.77. The van der Waals surface area contributed by atoms with E-state index in [-0.39, 0.29) is 5.91 Å². The average Bonchev–Trinajstić information content (AvgIpc) is 3.48. The van der Waals surface area contributed by atoms with Gasteiger partial charge in [-0.25, -0.2) is 4.79 Å². The zero-order valence-corrected chi connectivity index (χ0v) is 19.8. The molecule has 170 valence electrons. The van der Waals surface area contributed by atoms with E-state index >= 15 is 0 Å². The van der Waals surface area contributed by atoms with Crippen LogP contribution in [0.25, 0.3) is 11.3 Å². The van der Waals surface area contributed by atoms with E-state index in [9.17, 15) is 9.59 Å². The maximum atomic E-state index is 13.0. The Balaban J connectivity index is 1.70. The number of hydrogen-bond donors (Lipinski definition) is 2. The van der Waals surface area contributed by atoms with Crippen LogP contribution in [0.2, 0.25) is 0 Å². The lowest BCUT2D eigenvalue weighted by Gasteiger charge is -2.18. The molecule has 2 aromatic carbocycles.